The van der Waals surface area contributed by atoms with Crippen molar-refractivity contribution in [3.8, 4) is 0 Å². The zero-order valence-corrected chi connectivity index (χ0v) is 19.9. The van der Waals surface area contributed by atoms with Crippen LogP contribution in [-0.4, -0.2) is 26.8 Å². The van der Waals surface area contributed by atoms with E-state index in [4.69, 9.17) is 34.8 Å². The third-order valence-corrected chi connectivity index (χ3v) is 6.66. The number of nitrogens with zero attached hydrogens (tertiary/aromatic N) is 2. The second kappa shape index (κ2) is 10.4. The van der Waals surface area contributed by atoms with Crippen LogP contribution in [0.2, 0.25) is 15.1 Å². The number of carbonyl (C=O) groups is 1. The van der Waals surface area contributed by atoms with Gasteiger partial charge in [-0.3, -0.25) is 9.10 Å². The number of nitrogens with one attached hydrogen (secondary N) is 1. The molecule has 0 aliphatic heterocycles. The van der Waals surface area contributed by atoms with Gasteiger partial charge in [0.1, 0.15) is 0 Å². The number of hydrogen-bond acceptors (Lipinski definition) is 4. The molecule has 0 spiro atoms. The van der Waals surface area contributed by atoms with Gasteiger partial charge in [0.2, 0.25) is 10.0 Å². The Balaban J connectivity index is 1.73. The highest BCUT2D eigenvalue weighted by Gasteiger charge is 2.19. The lowest BCUT2D eigenvalue weighted by molar-refractivity contribution is 0.0955. The van der Waals surface area contributed by atoms with Gasteiger partial charge in [-0.05, 0) is 53.6 Å². The summed E-state index contributed by atoms with van der Waals surface area (Å²) < 4.78 is 25.9. The number of sulfonamides is 1. The van der Waals surface area contributed by atoms with E-state index >= 15 is 0 Å². The van der Waals surface area contributed by atoms with Crippen LogP contribution >= 0.6 is 34.8 Å². The molecule has 0 fully saturated rings. The molecule has 3 aromatic carbocycles. The number of benzene rings is 3. The van der Waals surface area contributed by atoms with E-state index in [1.165, 1.54) is 22.7 Å². The van der Waals surface area contributed by atoms with Crippen molar-refractivity contribution in [3.05, 3.63) is 98.5 Å². The van der Waals surface area contributed by atoms with Crippen LogP contribution in [-0.2, 0) is 16.6 Å². The van der Waals surface area contributed by atoms with Gasteiger partial charge in [0.15, 0.2) is 0 Å². The summed E-state index contributed by atoms with van der Waals surface area (Å²) in [5.74, 6) is -0.454. The quantitative estimate of drug-likeness (QED) is 0.342. The Hall–Kier alpha value is -2.58. The van der Waals surface area contributed by atoms with Gasteiger partial charge in [0, 0.05) is 10.6 Å². The molecule has 166 valence electrons. The average molecular weight is 511 g/mol. The first-order chi connectivity index (χ1) is 15.1. The lowest BCUT2D eigenvalue weighted by Gasteiger charge is -2.23. The van der Waals surface area contributed by atoms with E-state index in [0.29, 0.717) is 37.4 Å². The molecule has 1 N–H and O–H groups in total. The van der Waals surface area contributed by atoms with E-state index in [1.807, 2.05) is 0 Å². The van der Waals surface area contributed by atoms with Gasteiger partial charge in [0.05, 0.1) is 34.7 Å². The number of hydrogen-bond donors (Lipinski definition) is 1. The van der Waals surface area contributed by atoms with Crippen LogP contribution in [0.25, 0.3) is 0 Å². The maximum atomic E-state index is 12.4. The van der Waals surface area contributed by atoms with Crippen molar-refractivity contribution in [2.75, 3.05) is 10.6 Å². The average Bonchev–Trinajstić information content (AvgIpc) is 2.75. The largest absolute Gasteiger partial charge is 0.271 e. The van der Waals surface area contributed by atoms with Crippen LogP contribution in [0.3, 0.4) is 0 Å². The molecule has 3 aromatic rings. The number of carbonyl (C=O) groups excluding carboxylic acids is 1. The van der Waals surface area contributed by atoms with E-state index in [0.717, 1.165) is 6.26 Å². The van der Waals surface area contributed by atoms with Crippen LogP contribution in [0.1, 0.15) is 21.5 Å². The molecule has 0 atom stereocenters. The van der Waals surface area contributed by atoms with E-state index in [-0.39, 0.29) is 6.54 Å². The summed E-state index contributed by atoms with van der Waals surface area (Å²) in [4.78, 5) is 12.3. The Labute approximate surface area is 201 Å². The molecule has 3 rings (SSSR count). The first kappa shape index (κ1) is 24.1. The van der Waals surface area contributed by atoms with Crippen molar-refractivity contribution in [2.45, 2.75) is 6.54 Å². The monoisotopic (exact) mass is 509 g/mol. The third-order valence-electron chi connectivity index (χ3n) is 4.41. The van der Waals surface area contributed by atoms with Crippen molar-refractivity contribution in [2.24, 2.45) is 5.10 Å². The molecule has 0 radical (unpaired) electrons. The van der Waals surface area contributed by atoms with E-state index < -0.39 is 15.9 Å². The SMILES string of the molecule is CS(=O)(=O)N(Cc1ccccc1Cl)c1ccc(C(=O)N/N=C\c2ccc(Cl)c(Cl)c2)cc1. The van der Waals surface area contributed by atoms with Crippen LogP contribution in [0.4, 0.5) is 5.69 Å². The summed E-state index contributed by atoms with van der Waals surface area (Å²) in [7, 11) is -3.59. The van der Waals surface area contributed by atoms with Gasteiger partial charge in [-0.1, -0.05) is 59.1 Å². The zero-order chi connectivity index (χ0) is 23.3. The number of amides is 1. The summed E-state index contributed by atoms with van der Waals surface area (Å²) >= 11 is 18.0. The second-order valence-corrected chi connectivity index (χ2v) is 9.91. The molecule has 0 aliphatic rings. The van der Waals surface area contributed by atoms with Gasteiger partial charge < -0.3 is 0 Å². The first-order valence-electron chi connectivity index (χ1n) is 9.25. The minimum atomic E-state index is -3.59. The molecule has 0 aliphatic carbocycles. The van der Waals surface area contributed by atoms with Gasteiger partial charge in [-0.15, -0.1) is 0 Å². The second-order valence-electron chi connectivity index (χ2n) is 6.78. The van der Waals surface area contributed by atoms with E-state index in [9.17, 15) is 13.2 Å². The minimum absolute atomic E-state index is 0.0675. The van der Waals surface area contributed by atoms with Crippen molar-refractivity contribution < 1.29 is 13.2 Å². The van der Waals surface area contributed by atoms with E-state index in [1.54, 1.807) is 54.6 Å². The number of halogens is 3. The maximum Gasteiger partial charge on any atom is 0.271 e. The van der Waals surface area contributed by atoms with E-state index in [2.05, 4.69) is 10.5 Å². The van der Waals surface area contributed by atoms with Gasteiger partial charge in [-0.25, -0.2) is 13.8 Å². The Morgan fingerprint density at radius 2 is 1.66 bits per heavy atom. The highest BCUT2D eigenvalue weighted by atomic mass is 35.5. The van der Waals surface area contributed by atoms with Crippen LogP contribution in [0, 0.1) is 0 Å². The molecule has 6 nitrogen and oxygen atoms in total. The Bertz CT molecular complexity index is 1260. The van der Waals surface area contributed by atoms with Crippen molar-refractivity contribution >= 4 is 62.6 Å². The van der Waals surface area contributed by atoms with Gasteiger partial charge >= 0.3 is 0 Å². The number of rotatable bonds is 7. The fraction of sp³-hybridized carbons (Fsp3) is 0.0909. The Kier molecular flexibility index (Phi) is 7.79. The number of anilines is 1. The van der Waals surface area contributed by atoms with Crippen LogP contribution in [0.5, 0.6) is 0 Å². The van der Waals surface area contributed by atoms with Crippen molar-refractivity contribution in [1.29, 1.82) is 0 Å². The summed E-state index contributed by atoms with van der Waals surface area (Å²) in [5, 5.41) is 5.17. The Morgan fingerprint density at radius 1 is 0.969 bits per heavy atom. The molecule has 1 amide bonds. The van der Waals surface area contributed by atoms with Crippen LogP contribution < -0.4 is 9.73 Å². The fourth-order valence-corrected chi connectivity index (χ4v) is 4.16. The van der Waals surface area contributed by atoms with Crippen LogP contribution in [0.15, 0.2) is 71.8 Å². The lowest BCUT2D eigenvalue weighted by Crippen LogP contribution is -2.29. The highest BCUT2D eigenvalue weighted by molar-refractivity contribution is 7.92. The summed E-state index contributed by atoms with van der Waals surface area (Å²) in [6.07, 6.45) is 2.55. The predicted octanol–water partition coefficient (Wildman–Crippen LogP) is 5.38. The van der Waals surface area contributed by atoms with Gasteiger partial charge in [0.25, 0.3) is 5.91 Å². The highest BCUT2D eigenvalue weighted by Crippen LogP contribution is 2.25. The summed E-state index contributed by atoms with van der Waals surface area (Å²) in [5.41, 5.74) is 4.46. The zero-order valence-electron chi connectivity index (χ0n) is 16.8. The first-order valence-corrected chi connectivity index (χ1v) is 12.2. The molecular formula is C22H18Cl3N3O3S. The molecule has 0 aromatic heterocycles. The molecule has 32 heavy (non-hydrogen) atoms. The molecule has 10 heteroatoms. The molecule has 0 saturated heterocycles. The Morgan fingerprint density at radius 3 is 2.28 bits per heavy atom. The van der Waals surface area contributed by atoms with Crippen molar-refractivity contribution in [3.63, 3.8) is 0 Å². The molecule has 0 bridgehead atoms. The smallest absolute Gasteiger partial charge is 0.267 e. The van der Waals surface area contributed by atoms with Gasteiger partial charge in [-0.2, -0.15) is 5.10 Å². The predicted molar refractivity (Wildman–Crippen MR) is 130 cm³/mol. The van der Waals surface area contributed by atoms with Crippen molar-refractivity contribution in [1.82, 2.24) is 5.43 Å². The molecule has 0 saturated carbocycles. The lowest BCUT2D eigenvalue weighted by atomic mass is 10.2. The minimum Gasteiger partial charge on any atom is -0.267 e. The molecule has 0 unspecified atom stereocenters. The maximum absolute atomic E-state index is 12.4. The molecular weight excluding hydrogens is 493 g/mol. The summed E-state index contributed by atoms with van der Waals surface area (Å²) in [6.45, 7) is 0.0675. The third kappa shape index (κ3) is 6.23. The normalized spacial score (nSPS) is 11.5. The molecule has 0 heterocycles. The topological polar surface area (TPSA) is 78.8 Å². The number of hydrazone groups is 1. The standard InChI is InChI=1S/C22H18Cl3N3O3S/c1-32(30,31)28(14-17-4-2-3-5-19(17)23)18-9-7-16(8-10-18)22(29)27-26-13-15-6-11-20(24)21(25)12-15/h2-13H,14H2,1H3,(H,27,29)/b26-13-. The fourth-order valence-electron chi connectivity index (χ4n) is 2.78. The summed E-state index contributed by atoms with van der Waals surface area (Å²) in [6, 6.07) is 18.1.